The lowest BCUT2D eigenvalue weighted by Gasteiger charge is -2.04. The Morgan fingerprint density at radius 1 is 1.47 bits per heavy atom. The Hall–Kier alpha value is -0.960. The van der Waals surface area contributed by atoms with Crippen LogP contribution >= 0.6 is 7.60 Å². The normalized spacial score (nSPS) is 12.9. The van der Waals surface area contributed by atoms with Gasteiger partial charge in [0.15, 0.2) is 0 Å². The second-order valence-electron chi connectivity index (χ2n) is 3.21. The molecular weight excluding hydrogens is 218 g/mol. The van der Waals surface area contributed by atoms with E-state index in [1.807, 2.05) is 0 Å². The molecule has 1 aromatic carbocycles. The molecule has 0 aliphatic heterocycles. The third kappa shape index (κ3) is 3.96. The maximum absolute atomic E-state index is 13.2. The van der Waals surface area contributed by atoms with Crippen LogP contribution in [0.25, 0.3) is 5.57 Å². The molecule has 1 rings (SSSR count). The van der Waals surface area contributed by atoms with Gasteiger partial charge >= 0.3 is 7.60 Å². The molecule has 0 bridgehead atoms. The molecule has 0 atom stereocenters. The van der Waals surface area contributed by atoms with Gasteiger partial charge in [-0.1, -0.05) is 24.3 Å². The first-order valence-electron chi connectivity index (χ1n) is 4.36. The van der Waals surface area contributed by atoms with Gasteiger partial charge in [-0.05, 0) is 18.6 Å². The Kier molecular flexibility index (Phi) is 3.80. The predicted octanol–water partition coefficient (Wildman–Crippen LogP) is 2.41. The average Bonchev–Trinajstić information content (AvgIpc) is 2.14. The third-order valence-electron chi connectivity index (χ3n) is 1.93. The second kappa shape index (κ2) is 4.71. The molecule has 0 aliphatic rings. The Balaban J connectivity index is 2.90. The van der Waals surface area contributed by atoms with Crippen molar-refractivity contribution in [1.29, 1.82) is 0 Å². The van der Waals surface area contributed by atoms with Crippen LogP contribution in [0.2, 0.25) is 0 Å². The fourth-order valence-electron chi connectivity index (χ4n) is 1.15. The highest BCUT2D eigenvalue weighted by atomic mass is 31.2. The van der Waals surface area contributed by atoms with Gasteiger partial charge < -0.3 is 9.79 Å². The van der Waals surface area contributed by atoms with E-state index in [2.05, 4.69) is 0 Å². The van der Waals surface area contributed by atoms with Crippen molar-refractivity contribution < 1.29 is 18.7 Å². The van der Waals surface area contributed by atoms with Gasteiger partial charge in [-0.3, -0.25) is 4.57 Å². The van der Waals surface area contributed by atoms with E-state index in [0.29, 0.717) is 11.1 Å². The summed E-state index contributed by atoms with van der Waals surface area (Å²) in [6.45, 7) is 1.62. The molecule has 0 saturated heterocycles. The van der Waals surface area contributed by atoms with Crippen molar-refractivity contribution in [3.05, 3.63) is 41.7 Å². The first-order chi connectivity index (χ1) is 6.90. The molecule has 0 heterocycles. The standard InChI is InChI=1S/C10H12FO3P/c1-8(6-7-15(12,13)14)9-4-2-3-5-10(9)11/h2-6H,7H2,1H3,(H2,12,13,14). The zero-order valence-electron chi connectivity index (χ0n) is 8.22. The minimum absolute atomic E-state index is 0.367. The zero-order valence-corrected chi connectivity index (χ0v) is 9.12. The number of hydrogen-bond donors (Lipinski definition) is 2. The fraction of sp³-hybridized carbons (Fsp3) is 0.200. The number of halogens is 1. The molecule has 0 fully saturated rings. The van der Waals surface area contributed by atoms with E-state index >= 15 is 0 Å². The molecule has 5 heteroatoms. The molecule has 2 N–H and O–H groups in total. The van der Waals surface area contributed by atoms with Gasteiger partial charge in [-0.25, -0.2) is 4.39 Å². The molecule has 3 nitrogen and oxygen atoms in total. The summed E-state index contributed by atoms with van der Waals surface area (Å²) in [5.74, 6) is -0.392. The minimum atomic E-state index is -4.05. The van der Waals surface area contributed by atoms with Gasteiger partial charge in [0, 0.05) is 5.56 Å². The summed E-state index contributed by atoms with van der Waals surface area (Å²) in [7, 11) is -4.05. The first-order valence-corrected chi connectivity index (χ1v) is 6.16. The van der Waals surface area contributed by atoms with Crippen LogP contribution in [0, 0.1) is 5.82 Å². The van der Waals surface area contributed by atoms with E-state index in [1.54, 1.807) is 25.1 Å². The van der Waals surface area contributed by atoms with Crippen molar-refractivity contribution in [3.8, 4) is 0 Å². The van der Waals surface area contributed by atoms with E-state index in [0.717, 1.165) is 0 Å². The summed E-state index contributed by atoms with van der Waals surface area (Å²) in [6, 6.07) is 6.12. The molecular formula is C10H12FO3P. The highest BCUT2D eigenvalue weighted by Gasteiger charge is 2.11. The number of hydrogen-bond acceptors (Lipinski definition) is 1. The lowest BCUT2D eigenvalue weighted by molar-refractivity contribution is 0.377. The summed E-state index contributed by atoms with van der Waals surface area (Å²) in [6.07, 6.45) is 0.979. The van der Waals surface area contributed by atoms with Crippen molar-refractivity contribution >= 4 is 13.2 Å². The molecule has 1 aromatic rings. The Morgan fingerprint density at radius 3 is 2.60 bits per heavy atom. The third-order valence-corrected chi connectivity index (χ3v) is 2.59. The van der Waals surface area contributed by atoms with Gasteiger partial charge in [0.25, 0.3) is 0 Å². The van der Waals surface area contributed by atoms with Crippen LogP contribution in [-0.2, 0) is 4.57 Å². The summed E-state index contributed by atoms with van der Waals surface area (Å²) in [4.78, 5) is 17.3. The van der Waals surface area contributed by atoms with E-state index in [4.69, 9.17) is 9.79 Å². The Labute approximate surface area is 87.4 Å². The second-order valence-corrected chi connectivity index (χ2v) is 4.91. The number of benzene rings is 1. The molecule has 0 radical (unpaired) electrons. The van der Waals surface area contributed by atoms with Gasteiger partial charge in [-0.2, -0.15) is 0 Å². The zero-order chi connectivity index (χ0) is 11.5. The van der Waals surface area contributed by atoms with Crippen LogP contribution in [0.3, 0.4) is 0 Å². The lowest BCUT2D eigenvalue weighted by Crippen LogP contribution is -1.89. The van der Waals surface area contributed by atoms with Gasteiger partial charge in [0.1, 0.15) is 5.82 Å². The highest BCUT2D eigenvalue weighted by Crippen LogP contribution is 2.35. The van der Waals surface area contributed by atoms with Crippen LogP contribution in [0.1, 0.15) is 12.5 Å². The van der Waals surface area contributed by atoms with E-state index in [9.17, 15) is 8.96 Å². The van der Waals surface area contributed by atoms with Crippen molar-refractivity contribution in [2.45, 2.75) is 6.92 Å². The Morgan fingerprint density at radius 2 is 2.07 bits per heavy atom. The minimum Gasteiger partial charge on any atom is -0.324 e. The number of allylic oxidation sites excluding steroid dienone is 2. The van der Waals surface area contributed by atoms with Crippen LogP contribution in [0.4, 0.5) is 4.39 Å². The van der Waals surface area contributed by atoms with Crippen LogP contribution in [-0.4, -0.2) is 15.9 Å². The van der Waals surface area contributed by atoms with Crippen molar-refractivity contribution in [2.75, 3.05) is 6.16 Å². The van der Waals surface area contributed by atoms with Crippen molar-refractivity contribution in [2.24, 2.45) is 0 Å². The van der Waals surface area contributed by atoms with E-state index < -0.39 is 13.4 Å². The SMILES string of the molecule is CC(=CCP(=O)(O)O)c1ccccc1F. The molecule has 82 valence electrons. The van der Waals surface area contributed by atoms with Crippen LogP contribution < -0.4 is 0 Å². The van der Waals surface area contributed by atoms with Crippen LogP contribution in [0.5, 0.6) is 0 Å². The highest BCUT2D eigenvalue weighted by molar-refractivity contribution is 7.51. The van der Waals surface area contributed by atoms with Crippen molar-refractivity contribution in [1.82, 2.24) is 0 Å². The van der Waals surface area contributed by atoms with E-state index in [1.165, 1.54) is 12.1 Å². The van der Waals surface area contributed by atoms with Gasteiger partial charge in [-0.15, -0.1) is 0 Å². The topological polar surface area (TPSA) is 57.5 Å². The molecule has 0 spiro atoms. The average molecular weight is 230 g/mol. The first kappa shape index (κ1) is 12.1. The number of rotatable bonds is 3. The smallest absolute Gasteiger partial charge is 0.324 e. The summed E-state index contributed by atoms with van der Waals surface area (Å²) in [5, 5.41) is 0. The largest absolute Gasteiger partial charge is 0.329 e. The lowest BCUT2D eigenvalue weighted by atomic mass is 10.1. The molecule has 0 aromatic heterocycles. The maximum atomic E-state index is 13.2. The van der Waals surface area contributed by atoms with Gasteiger partial charge in [0.05, 0.1) is 6.16 Å². The maximum Gasteiger partial charge on any atom is 0.329 e. The Bertz CT molecular complexity index is 422. The van der Waals surface area contributed by atoms with E-state index in [-0.39, 0.29) is 6.16 Å². The summed E-state index contributed by atoms with van der Waals surface area (Å²) < 4.78 is 23.8. The van der Waals surface area contributed by atoms with Crippen LogP contribution in [0.15, 0.2) is 30.3 Å². The van der Waals surface area contributed by atoms with Gasteiger partial charge in [0.2, 0.25) is 0 Å². The molecule has 15 heavy (non-hydrogen) atoms. The molecule has 0 saturated carbocycles. The monoisotopic (exact) mass is 230 g/mol. The summed E-state index contributed by atoms with van der Waals surface area (Å²) >= 11 is 0. The molecule has 0 aliphatic carbocycles. The van der Waals surface area contributed by atoms with Crippen molar-refractivity contribution in [3.63, 3.8) is 0 Å². The summed E-state index contributed by atoms with van der Waals surface area (Å²) in [5.41, 5.74) is 0.891. The fourth-order valence-corrected chi connectivity index (χ4v) is 1.66. The molecule has 0 amide bonds. The predicted molar refractivity (Wildman–Crippen MR) is 57.0 cm³/mol. The molecule has 0 unspecified atom stereocenters. The quantitative estimate of drug-likeness (QED) is 0.784.